The second kappa shape index (κ2) is 5.15. The van der Waals surface area contributed by atoms with E-state index in [-0.39, 0.29) is 11.6 Å². The molecular weight excluding hydrogens is 248 g/mol. The van der Waals surface area contributed by atoms with Crippen molar-refractivity contribution >= 4 is 23.2 Å². The molecule has 3 rings (SSSR count). The van der Waals surface area contributed by atoms with E-state index in [1.165, 1.54) is 6.38 Å². The highest BCUT2D eigenvalue weighted by Crippen LogP contribution is 2.26. The van der Waals surface area contributed by atoms with E-state index in [0.29, 0.717) is 22.3 Å². The Morgan fingerprint density at radius 3 is 1.06 bits per heavy atom. The van der Waals surface area contributed by atoms with E-state index in [4.69, 9.17) is 0 Å². The molecule has 0 saturated carbocycles. The predicted octanol–water partition coefficient (Wildman–Crippen LogP) is 3.32. The molecule has 90 valence electrons. The van der Waals surface area contributed by atoms with Crippen LogP contribution in [0.4, 0.5) is 0 Å². The summed E-state index contributed by atoms with van der Waals surface area (Å²) in [5, 5.41) is 0. The smallest absolute Gasteiger partial charge is 0.194 e. The third-order valence-corrected chi connectivity index (χ3v) is 2.83. The number of hydrogen-bond donors (Lipinski definition) is 0. The maximum absolute atomic E-state index is 12.1. The van der Waals surface area contributed by atoms with Gasteiger partial charge >= 0.3 is 0 Å². The lowest BCUT2D eigenvalue weighted by Crippen LogP contribution is -2.20. The highest BCUT2D eigenvalue weighted by Gasteiger charge is 2.28. The van der Waals surface area contributed by atoms with E-state index < -0.39 is 0 Å². The number of halogens is 1. The van der Waals surface area contributed by atoms with Gasteiger partial charge in [-0.25, -0.2) is 0 Å². The van der Waals surface area contributed by atoms with Crippen molar-refractivity contribution in [2.45, 2.75) is 0 Å². The highest BCUT2D eigenvalue weighted by atomic mass is 35.5. The maximum Gasteiger partial charge on any atom is 0.194 e. The quantitative estimate of drug-likeness (QED) is 0.580. The van der Waals surface area contributed by atoms with Gasteiger partial charge in [-0.05, 0) is 0 Å². The van der Waals surface area contributed by atoms with Crippen molar-refractivity contribution in [2.24, 2.45) is 0 Å². The van der Waals surface area contributed by atoms with Crippen LogP contribution in [0, 0.1) is 0 Å². The van der Waals surface area contributed by atoms with Gasteiger partial charge in [-0.15, -0.1) is 11.6 Å². The van der Waals surface area contributed by atoms with Crippen molar-refractivity contribution in [1.82, 2.24) is 0 Å². The van der Waals surface area contributed by atoms with Crippen LogP contribution in [0.3, 0.4) is 0 Å². The first kappa shape index (κ1) is 12.5. The predicted molar refractivity (Wildman–Crippen MR) is 71.5 cm³/mol. The first-order valence-corrected chi connectivity index (χ1v) is 6.20. The Hall–Kier alpha value is -1.93. The molecule has 2 aromatic carbocycles. The number of carbonyl (C=O) groups excluding carboxylic acids is 2. The molecular formula is C15H11ClO2. The molecule has 1 aliphatic rings. The molecule has 0 spiro atoms. The molecule has 0 N–H and O–H groups in total. The lowest BCUT2D eigenvalue weighted by molar-refractivity contribution is 0.0979. The number of benzene rings is 2. The van der Waals surface area contributed by atoms with Crippen LogP contribution in [0.25, 0.3) is 0 Å². The van der Waals surface area contributed by atoms with Gasteiger partial charge < -0.3 is 0 Å². The number of hydrogen-bond acceptors (Lipinski definition) is 2. The zero-order valence-corrected chi connectivity index (χ0v) is 10.6. The van der Waals surface area contributed by atoms with E-state index in [9.17, 15) is 9.59 Å². The minimum absolute atomic E-state index is 0.0641. The van der Waals surface area contributed by atoms with Gasteiger partial charge in [0.15, 0.2) is 11.6 Å². The van der Waals surface area contributed by atoms with Crippen LogP contribution in [0.2, 0.25) is 0 Å². The zero-order valence-electron chi connectivity index (χ0n) is 9.81. The topological polar surface area (TPSA) is 34.1 Å². The summed E-state index contributed by atoms with van der Waals surface area (Å²) in [6, 6.07) is 13.9. The molecule has 0 fully saturated rings. The molecule has 2 nitrogen and oxygen atoms in total. The van der Waals surface area contributed by atoms with Gasteiger partial charge in [0, 0.05) is 28.6 Å². The van der Waals surface area contributed by atoms with Crippen molar-refractivity contribution in [3.05, 3.63) is 70.8 Å². The maximum atomic E-state index is 12.1. The second-order valence-corrected chi connectivity index (χ2v) is 3.75. The Balaban J connectivity index is 0.000000574. The van der Waals surface area contributed by atoms with Crippen molar-refractivity contribution < 1.29 is 9.59 Å². The minimum Gasteiger partial charge on any atom is -0.289 e. The monoisotopic (exact) mass is 258 g/mol. The zero-order chi connectivity index (χ0) is 13.1. The molecule has 0 saturated heterocycles. The summed E-state index contributed by atoms with van der Waals surface area (Å²) in [6.07, 6.45) is 1.47. The summed E-state index contributed by atoms with van der Waals surface area (Å²) in [7, 11) is 0. The third kappa shape index (κ3) is 1.85. The molecule has 2 aromatic rings. The van der Waals surface area contributed by atoms with E-state index in [1.807, 2.05) is 0 Å². The molecule has 0 aromatic heterocycles. The van der Waals surface area contributed by atoms with Gasteiger partial charge in [0.2, 0.25) is 0 Å². The molecule has 1 aliphatic carbocycles. The summed E-state index contributed by atoms with van der Waals surface area (Å²) in [4.78, 5) is 24.2. The fraction of sp³-hybridized carbons (Fsp3) is 0.0667. The van der Waals surface area contributed by atoms with E-state index in [2.05, 4.69) is 11.6 Å². The molecule has 0 bridgehead atoms. The first-order valence-electron chi connectivity index (χ1n) is 5.44. The SMILES string of the molecule is CCl.O=C1c2ccccc2C(=O)c2ccccc21. The van der Waals surface area contributed by atoms with Crippen molar-refractivity contribution in [2.75, 3.05) is 6.38 Å². The molecule has 0 heterocycles. The molecule has 18 heavy (non-hydrogen) atoms. The van der Waals surface area contributed by atoms with Crippen molar-refractivity contribution in [3.63, 3.8) is 0 Å². The van der Waals surface area contributed by atoms with Gasteiger partial charge in [-0.2, -0.15) is 0 Å². The number of alkyl halides is 1. The number of carbonyl (C=O) groups is 2. The van der Waals surface area contributed by atoms with Crippen LogP contribution >= 0.6 is 11.6 Å². The largest absolute Gasteiger partial charge is 0.289 e. The average Bonchev–Trinajstić information content (AvgIpc) is 2.47. The molecule has 0 unspecified atom stereocenters. The summed E-state index contributed by atoms with van der Waals surface area (Å²) in [5.41, 5.74) is 2.02. The Morgan fingerprint density at radius 2 is 0.833 bits per heavy atom. The molecule has 0 radical (unpaired) electrons. The lowest BCUT2D eigenvalue weighted by Gasteiger charge is -2.16. The van der Waals surface area contributed by atoms with E-state index in [0.717, 1.165) is 0 Å². The van der Waals surface area contributed by atoms with E-state index >= 15 is 0 Å². The summed E-state index contributed by atoms with van der Waals surface area (Å²) >= 11 is 4.64. The van der Waals surface area contributed by atoms with E-state index in [1.54, 1.807) is 48.5 Å². The normalized spacial score (nSPS) is 12.1. The van der Waals surface area contributed by atoms with Crippen molar-refractivity contribution in [1.29, 1.82) is 0 Å². The Morgan fingerprint density at radius 1 is 0.611 bits per heavy atom. The summed E-state index contributed by atoms with van der Waals surface area (Å²) in [5.74, 6) is -0.128. The highest BCUT2D eigenvalue weighted by molar-refractivity contribution is 6.28. The van der Waals surface area contributed by atoms with Gasteiger partial charge in [0.25, 0.3) is 0 Å². The Kier molecular flexibility index (Phi) is 3.58. The van der Waals surface area contributed by atoms with Gasteiger partial charge in [-0.1, -0.05) is 48.5 Å². The third-order valence-electron chi connectivity index (χ3n) is 2.83. The molecule has 0 amide bonds. The second-order valence-electron chi connectivity index (χ2n) is 3.75. The van der Waals surface area contributed by atoms with Gasteiger partial charge in [0.05, 0.1) is 0 Å². The lowest BCUT2D eigenvalue weighted by atomic mass is 9.84. The fourth-order valence-corrected chi connectivity index (χ4v) is 2.05. The number of rotatable bonds is 0. The van der Waals surface area contributed by atoms with Crippen LogP contribution in [0.1, 0.15) is 31.8 Å². The number of ketones is 2. The van der Waals surface area contributed by atoms with Crippen LogP contribution in [0.5, 0.6) is 0 Å². The molecule has 0 aliphatic heterocycles. The van der Waals surface area contributed by atoms with Gasteiger partial charge in [-0.3, -0.25) is 9.59 Å². The fourth-order valence-electron chi connectivity index (χ4n) is 2.05. The number of fused-ring (bicyclic) bond motifs is 2. The molecule has 3 heteroatoms. The standard InChI is InChI=1S/C14H8O2.CH3Cl/c15-13-9-5-1-2-6-10(9)14(16)12-8-4-3-7-11(12)13;1-2/h1-8H;1H3. The first-order chi connectivity index (χ1) is 8.79. The Labute approximate surface area is 110 Å². The van der Waals surface area contributed by atoms with Crippen LogP contribution in [-0.2, 0) is 0 Å². The van der Waals surface area contributed by atoms with Crippen molar-refractivity contribution in [3.8, 4) is 0 Å². The summed E-state index contributed by atoms with van der Waals surface area (Å²) < 4.78 is 0. The van der Waals surface area contributed by atoms with Gasteiger partial charge in [0.1, 0.15) is 0 Å². The van der Waals surface area contributed by atoms with Crippen LogP contribution in [0.15, 0.2) is 48.5 Å². The Bertz CT molecular complexity index is 512. The summed E-state index contributed by atoms with van der Waals surface area (Å²) in [6.45, 7) is 0. The van der Waals surface area contributed by atoms with Crippen LogP contribution < -0.4 is 0 Å². The average molecular weight is 259 g/mol. The van der Waals surface area contributed by atoms with Crippen LogP contribution in [-0.4, -0.2) is 17.9 Å². The minimum atomic E-state index is -0.0641. The molecule has 0 atom stereocenters.